The fraction of sp³-hybridized carbons (Fsp3) is 0.471. The first kappa shape index (κ1) is 17.9. The fourth-order valence-electron chi connectivity index (χ4n) is 2.49. The van der Waals surface area contributed by atoms with Gasteiger partial charge in [-0.05, 0) is 31.4 Å². The zero-order chi connectivity index (χ0) is 17.5. The summed E-state index contributed by atoms with van der Waals surface area (Å²) in [7, 11) is 0. The van der Waals surface area contributed by atoms with Crippen LogP contribution in [-0.4, -0.2) is 38.6 Å². The molecular weight excluding hydrogens is 306 g/mol. The molecule has 130 valence electrons. The molecule has 7 nitrogen and oxygen atoms in total. The Labute approximate surface area is 142 Å². The van der Waals surface area contributed by atoms with E-state index in [0.29, 0.717) is 23.9 Å². The molecule has 0 bridgehead atoms. The van der Waals surface area contributed by atoms with Gasteiger partial charge in [-0.2, -0.15) is 0 Å². The summed E-state index contributed by atoms with van der Waals surface area (Å²) in [5.41, 5.74) is 1.45. The lowest BCUT2D eigenvalue weighted by atomic mass is 10.1. The molecule has 2 amide bonds. The Morgan fingerprint density at radius 3 is 2.79 bits per heavy atom. The van der Waals surface area contributed by atoms with Crippen LogP contribution < -0.4 is 10.6 Å². The third-order valence-electron chi connectivity index (χ3n) is 3.61. The molecule has 0 aliphatic carbocycles. The number of carbonyl (C=O) groups excluding carboxylic acids is 1. The number of rotatable bonds is 7. The molecule has 1 atom stereocenters. The van der Waals surface area contributed by atoms with Gasteiger partial charge < -0.3 is 20.3 Å². The van der Waals surface area contributed by atoms with Crippen molar-refractivity contribution in [3.63, 3.8) is 0 Å². The Kier molecular flexibility index (Phi) is 6.31. The molecule has 0 spiro atoms. The molecule has 0 saturated heterocycles. The third kappa shape index (κ3) is 4.79. The van der Waals surface area contributed by atoms with Crippen molar-refractivity contribution in [2.45, 2.75) is 39.8 Å². The van der Waals surface area contributed by atoms with Gasteiger partial charge in [-0.25, -0.2) is 4.79 Å². The van der Waals surface area contributed by atoms with Gasteiger partial charge in [0.2, 0.25) is 0 Å². The number of hydrogen-bond acceptors (Lipinski definition) is 4. The maximum absolute atomic E-state index is 12.1. The van der Waals surface area contributed by atoms with Gasteiger partial charge in [0.05, 0.1) is 11.8 Å². The first-order chi connectivity index (χ1) is 11.5. The van der Waals surface area contributed by atoms with Crippen LogP contribution in [0.15, 0.2) is 30.6 Å². The van der Waals surface area contributed by atoms with E-state index in [2.05, 4.69) is 20.8 Å². The maximum atomic E-state index is 12.1. The zero-order valence-corrected chi connectivity index (χ0v) is 14.4. The van der Waals surface area contributed by atoms with E-state index in [-0.39, 0.29) is 12.6 Å². The highest BCUT2D eigenvalue weighted by atomic mass is 16.3. The van der Waals surface area contributed by atoms with Crippen LogP contribution in [0.2, 0.25) is 0 Å². The Bertz CT molecular complexity index is 669. The fourth-order valence-corrected chi connectivity index (χ4v) is 2.49. The minimum absolute atomic E-state index is 0.220. The number of aryl methyl sites for hydroxylation is 1. The standard InChI is InChI=1S/C17H25N5O2/c1-4-22-11-19-21-16(22)14-7-5-6-8-15(14)20-17(24)18-10-13(23)9-12(2)3/h5-8,11-13,23H,4,9-10H2,1-3H3,(H2,18,20,24). The van der Waals surface area contributed by atoms with Gasteiger partial charge >= 0.3 is 6.03 Å². The average Bonchev–Trinajstić information content (AvgIpc) is 3.01. The van der Waals surface area contributed by atoms with Gasteiger partial charge in [0.15, 0.2) is 5.82 Å². The van der Waals surface area contributed by atoms with Gasteiger partial charge in [0.1, 0.15) is 6.33 Å². The molecule has 1 aromatic carbocycles. The van der Waals surface area contributed by atoms with Gasteiger partial charge in [0, 0.05) is 18.7 Å². The van der Waals surface area contributed by atoms with E-state index in [0.717, 1.165) is 12.1 Å². The average molecular weight is 331 g/mol. The number of benzene rings is 1. The summed E-state index contributed by atoms with van der Waals surface area (Å²) in [6.45, 7) is 7.03. The van der Waals surface area contributed by atoms with Crippen molar-refractivity contribution in [3.8, 4) is 11.4 Å². The molecule has 24 heavy (non-hydrogen) atoms. The van der Waals surface area contributed by atoms with Crippen molar-refractivity contribution in [1.82, 2.24) is 20.1 Å². The summed E-state index contributed by atoms with van der Waals surface area (Å²) in [5.74, 6) is 1.08. The lowest BCUT2D eigenvalue weighted by molar-refractivity contribution is 0.148. The van der Waals surface area contributed by atoms with Gasteiger partial charge in [0.25, 0.3) is 0 Å². The lowest BCUT2D eigenvalue weighted by Gasteiger charge is -2.15. The van der Waals surface area contributed by atoms with E-state index in [4.69, 9.17) is 0 Å². The molecule has 0 aliphatic heterocycles. The van der Waals surface area contributed by atoms with E-state index in [1.807, 2.05) is 49.6 Å². The first-order valence-corrected chi connectivity index (χ1v) is 8.21. The summed E-state index contributed by atoms with van der Waals surface area (Å²) >= 11 is 0. The van der Waals surface area contributed by atoms with Crippen molar-refractivity contribution in [2.24, 2.45) is 5.92 Å². The largest absolute Gasteiger partial charge is 0.391 e. The highest BCUT2D eigenvalue weighted by Gasteiger charge is 2.14. The van der Waals surface area contributed by atoms with Gasteiger partial charge in [-0.1, -0.05) is 26.0 Å². The molecule has 0 radical (unpaired) electrons. The Balaban J connectivity index is 2.04. The van der Waals surface area contributed by atoms with Crippen molar-refractivity contribution < 1.29 is 9.90 Å². The summed E-state index contributed by atoms with van der Waals surface area (Å²) in [5, 5.41) is 23.4. The van der Waals surface area contributed by atoms with Crippen molar-refractivity contribution >= 4 is 11.7 Å². The predicted octanol–water partition coefficient (Wildman–Crippen LogP) is 2.49. The van der Waals surface area contributed by atoms with E-state index >= 15 is 0 Å². The minimum Gasteiger partial charge on any atom is -0.391 e. The topological polar surface area (TPSA) is 92.1 Å². The molecule has 1 aromatic heterocycles. The van der Waals surface area contributed by atoms with Gasteiger partial charge in [-0.3, -0.25) is 0 Å². The van der Waals surface area contributed by atoms with Crippen LogP contribution in [0.5, 0.6) is 0 Å². The lowest BCUT2D eigenvalue weighted by Crippen LogP contribution is -2.35. The Morgan fingerprint density at radius 2 is 2.08 bits per heavy atom. The summed E-state index contributed by atoms with van der Waals surface area (Å²) < 4.78 is 1.91. The van der Waals surface area contributed by atoms with Crippen LogP contribution in [0.3, 0.4) is 0 Å². The van der Waals surface area contributed by atoms with Crippen LogP contribution >= 0.6 is 0 Å². The highest BCUT2D eigenvalue weighted by Crippen LogP contribution is 2.25. The molecule has 7 heteroatoms. The van der Waals surface area contributed by atoms with E-state index in [1.165, 1.54) is 0 Å². The molecular formula is C17H25N5O2. The van der Waals surface area contributed by atoms with E-state index < -0.39 is 6.10 Å². The quantitative estimate of drug-likeness (QED) is 0.727. The summed E-state index contributed by atoms with van der Waals surface area (Å²) in [6.07, 6.45) is 1.76. The zero-order valence-electron chi connectivity index (χ0n) is 14.4. The third-order valence-corrected chi connectivity index (χ3v) is 3.61. The SMILES string of the molecule is CCn1cnnc1-c1ccccc1NC(=O)NCC(O)CC(C)C. The Morgan fingerprint density at radius 1 is 1.33 bits per heavy atom. The molecule has 2 aromatic rings. The number of aliphatic hydroxyl groups is 1. The second kappa shape index (κ2) is 8.44. The van der Waals surface area contributed by atoms with E-state index in [9.17, 15) is 9.90 Å². The van der Waals surface area contributed by atoms with Gasteiger partial charge in [-0.15, -0.1) is 10.2 Å². The van der Waals surface area contributed by atoms with Crippen molar-refractivity contribution in [2.75, 3.05) is 11.9 Å². The number of carbonyl (C=O) groups is 1. The number of nitrogens with one attached hydrogen (secondary N) is 2. The molecule has 0 saturated carbocycles. The molecule has 3 N–H and O–H groups in total. The number of aromatic nitrogens is 3. The molecule has 1 unspecified atom stereocenters. The smallest absolute Gasteiger partial charge is 0.319 e. The molecule has 2 rings (SSSR count). The van der Waals surface area contributed by atoms with Crippen molar-refractivity contribution in [3.05, 3.63) is 30.6 Å². The van der Waals surface area contributed by atoms with Crippen LogP contribution in [0.1, 0.15) is 27.2 Å². The van der Waals surface area contributed by atoms with Crippen LogP contribution in [-0.2, 0) is 6.54 Å². The normalized spacial score (nSPS) is 12.2. The maximum Gasteiger partial charge on any atom is 0.319 e. The molecule has 0 fully saturated rings. The number of urea groups is 1. The molecule has 0 aliphatic rings. The second-order valence-corrected chi connectivity index (χ2v) is 6.10. The van der Waals surface area contributed by atoms with Crippen LogP contribution in [0.25, 0.3) is 11.4 Å². The number of anilines is 1. The monoisotopic (exact) mass is 331 g/mol. The Hall–Kier alpha value is -2.41. The number of para-hydroxylation sites is 1. The molecule has 1 heterocycles. The number of amides is 2. The number of aliphatic hydroxyl groups excluding tert-OH is 1. The number of hydrogen-bond donors (Lipinski definition) is 3. The number of nitrogens with zero attached hydrogens (tertiary/aromatic N) is 3. The van der Waals surface area contributed by atoms with E-state index in [1.54, 1.807) is 6.33 Å². The first-order valence-electron chi connectivity index (χ1n) is 8.21. The van der Waals surface area contributed by atoms with Crippen molar-refractivity contribution in [1.29, 1.82) is 0 Å². The van der Waals surface area contributed by atoms with Crippen LogP contribution in [0, 0.1) is 5.92 Å². The van der Waals surface area contributed by atoms with Crippen LogP contribution in [0.4, 0.5) is 10.5 Å². The highest BCUT2D eigenvalue weighted by molar-refractivity contribution is 5.93. The summed E-state index contributed by atoms with van der Waals surface area (Å²) in [4.78, 5) is 12.1. The second-order valence-electron chi connectivity index (χ2n) is 6.10. The summed E-state index contributed by atoms with van der Waals surface area (Å²) in [6, 6.07) is 7.08. The minimum atomic E-state index is -0.547. The predicted molar refractivity (Wildman–Crippen MR) is 93.6 cm³/mol.